The molecule has 3 N–H and O–H groups in total. The Morgan fingerprint density at radius 1 is 0.935 bits per heavy atom. The molecule has 0 spiro atoms. The molecule has 238 valence electrons. The summed E-state index contributed by atoms with van der Waals surface area (Å²) < 4.78 is 46.3. The fraction of sp³-hybridized carbons (Fsp3) is 0.0690. The van der Waals surface area contributed by atoms with Gasteiger partial charge in [-0.05, 0) is 66.2 Å². The van der Waals surface area contributed by atoms with Gasteiger partial charge in [-0.1, -0.05) is 84.6 Å². The first kappa shape index (κ1) is 34.4. The first-order chi connectivity index (χ1) is 21.6. The van der Waals surface area contributed by atoms with Crippen molar-refractivity contribution in [3.63, 3.8) is 0 Å². The Kier molecular flexibility index (Phi) is 10.2. The number of ether oxygens (including phenoxy) is 1. The number of carboxylic acids is 1. The molecule has 0 atom stereocenters. The van der Waals surface area contributed by atoms with Crippen molar-refractivity contribution in [2.24, 2.45) is 0 Å². The van der Waals surface area contributed by atoms with Crippen molar-refractivity contribution in [1.82, 2.24) is 10.2 Å². The van der Waals surface area contributed by atoms with E-state index in [0.717, 1.165) is 0 Å². The number of hydrogen-bond acceptors (Lipinski definition) is 7. The minimum absolute atomic E-state index is 0.0502. The monoisotopic (exact) mass is 833 g/mol. The zero-order chi connectivity index (χ0) is 33.4. The van der Waals surface area contributed by atoms with Crippen LogP contribution in [0.1, 0.15) is 21.5 Å². The predicted molar refractivity (Wildman–Crippen MR) is 179 cm³/mol. The van der Waals surface area contributed by atoms with E-state index < -0.39 is 24.8 Å². The lowest BCUT2D eigenvalue weighted by molar-refractivity contribution is 0.0550. The Bertz CT molecular complexity index is 1990. The molecular formula is C29H18Br2Cl2F2N3O6PS. The predicted octanol–water partition coefficient (Wildman–Crippen LogP) is 10.1. The van der Waals surface area contributed by atoms with Gasteiger partial charge in [-0.3, -0.25) is 4.57 Å². The van der Waals surface area contributed by atoms with Crippen molar-refractivity contribution in [2.75, 3.05) is 4.90 Å². The number of nitrogens with zero attached hydrogens (tertiary/aromatic N) is 3. The van der Waals surface area contributed by atoms with E-state index in [1.165, 1.54) is 35.6 Å². The zero-order valence-corrected chi connectivity index (χ0v) is 29.1. The standard InChI is InChI=1S/C29H18Br2Cl2F2N3O6PS/c30-21-9-15(10-22(31)25(21)29(34,35)45(41,42)43)14-38(18-7-8-23(32)24(33)13-18)28-37-36-26(46-28)16-3-1-5-19(11-16)44-20-6-2-4-17(12-20)27(39)40/h1-13H,14H2,(H,39,40)(H2,41,42,43). The van der Waals surface area contributed by atoms with Crippen LogP contribution in [0.2, 0.25) is 10.0 Å². The van der Waals surface area contributed by atoms with Gasteiger partial charge in [0.25, 0.3) is 0 Å². The maximum absolute atomic E-state index is 14.6. The third kappa shape index (κ3) is 7.45. The second kappa shape index (κ2) is 13.7. The van der Waals surface area contributed by atoms with Gasteiger partial charge in [0.2, 0.25) is 5.13 Å². The van der Waals surface area contributed by atoms with Gasteiger partial charge in [-0.15, -0.1) is 10.2 Å². The zero-order valence-electron chi connectivity index (χ0n) is 22.7. The van der Waals surface area contributed by atoms with Crippen LogP contribution < -0.4 is 9.64 Å². The van der Waals surface area contributed by atoms with Gasteiger partial charge in [0.1, 0.15) is 16.5 Å². The number of carboxylic acid groups (broad SMARTS) is 1. The molecule has 0 saturated carbocycles. The molecule has 9 nitrogen and oxygen atoms in total. The van der Waals surface area contributed by atoms with Gasteiger partial charge >= 0.3 is 19.2 Å². The summed E-state index contributed by atoms with van der Waals surface area (Å²) in [6.07, 6.45) is 0. The molecule has 4 aromatic carbocycles. The number of anilines is 2. The van der Waals surface area contributed by atoms with E-state index in [1.54, 1.807) is 59.5 Å². The summed E-state index contributed by atoms with van der Waals surface area (Å²) in [5.74, 6) is -0.315. The van der Waals surface area contributed by atoms with Crippen LogP contribution in [-0.2, 0) is 16.8 Å². The number of aromatic nitrogens is 2. The van der Waals surface area contributed by atoms with E-state index in [0.29, 0.717) is 43.5 Å². The van der Waals surface area contributed by atoms with Gasteiger partial charge in [0.05, 0.1) is 27.7 Å². The Morgan fingerprint density at radius 3 is 2.22 bits per heavy atom. The van der Waals surface area contributed by atoms with Crippen LogP contribution in [0, 0.1) is 0 Å². The quantitative estimate of drug-likeness (QED) is 0.118. The van der Waals surface area contributed by atoms with E-state index >= 15 is 0 Å². The van der Waals surface area contributed by atoms with E-state index in [9.17, 15) is 33.0 Å². The van der Waals surface area contributed by atoms with Gasteiger partial charge in [-0.25, -0.2) is 4.79 Å². The number of benzene rings is 4. The second-order valence-electron chi connectivity index (χ2n) is 9.56. The van der Waals surface area contributed by atoms with Crippen LogP contribution in [0.5, 0.6) is 11.5 Å². The Labute approximate surface area is 290 Å². The molecule has 5 aromatic rings. The highest BCUT2D eigenvalue weighted by molar-refractivity contribution is 9.11. The summed E-state index contributed by atoms with van der Waals surface area (Å²) >= 11 is 19.8. The highest BCUT2D eigenvalue weighted by Crippen LogP contribution is 2.62. The molecule has 0 fully saturated rings. The number of alkyl halides is 2. The lowest BCUT2D eigenvalue weighted by Gasteiger charge is -2.24. The smallest absolute Gasteiger partial charge is 0.399 e. The van der Waals surface area contributed by atoms with Gasteiger partial charge < -0.3 is 24.5 Å². The van der Waals surface area contributed by atoms with E-state index in [4.69, 9.17) is 27.9 Å². The molecule has 0 bridgehead atoms. The van der Waals surface area contributed by atoms with Gasteiger partial charge in [0, 0.05) is 20.2 Å². The molecule has 0 saturated heterocycles. The Hall–Kier alpha value is -2.94. The maximum atomic E-state index is 14.6. The molecule has 0 amide bonds. The van der Waals surface area contributed by atoms with Crippen molar-refractivity contribution in [2.45, 2.75) is 12.2 Å². The third-order valence-corrected chi connectivity index (χ3v) is 10.3. The van der Waals surface area contributed by atoms with Crippen LogP contribution >= 0.6 is 74.0 Å². The van der Waals surface area contributed by atoms with Crippen molar-refractivity contribution in [3.05, 3.63) is 115 Å². The van der Waals surface area contributed by atoms with Crippen molar-refractivity contribution >= 4 is 90.8 Å². The molecule has 0 aliphatic rings. The van der Waals surface area contributed by atoms with E-state index in [2.05, 4.69) is 42.1 Å². The molecule has 1 heterocycles. The van der Waals surface area contributed by atoms with Gasteiger partial charge in [-0.2, -0.15) is 8.78 Å². The summed E-state index contributed by atoms with van der Waals surface area (Å²) in [5.41, 5.74) is -3.60. The highest BCUT2D eigenvalue weighted by atomic mass is 79.9. The largest absolute Gasteiger partial charge is 0.478 e. The summed E-state index contributed by atoms with van der Waals surface area (Å²) in [4.78, 5) is 31.6. The molecular weight excluding hydrogens is 818 g/mol. The molecule has 0 unspecified atom stereocenters. The third-order valence-electron chi connectivity index (χ3n) is 6.37. The Balaban J connectivity index is 1.49. The number of rotatable bonds is 10. The molecule has 17 heteroatoms. The van der Waals surface area contributed by atoms with Crippen molar-refractivity contribution in [1.29, 1.82) is 0 Å². The summed E-state index contributed by atoms with van der Waals surface area (Å²) in [5, 5.41) is 19.4. The van der Waals surface area contributed by atoms with Crippen molar-refractivity contribution in [3.8, 4) is 22.1 Å². The number of hydrogen-bond donors (Lipinski definition) is 3. The first-order valence-corrected chi connectivity index (χ1v) is 17.5. The number of aromatic carboxylic acids is 1. The summed E-state index contributed by atoms with van der Waals surface area (Å²) in [7, 11) is -5.83. The second-order valence-corrected chi connectivity index (χ2v) is 14.7. The van der Waals surface area contributed by atoms with Gasteiger partial charge in [0.15, 0.2) is 0 Å². The van der Waals surface area contributed by atoms with Crippen LogP contribution in [0.4, 0.5) is 19.6 Å². The fourth-order valence-corrected chi connectivity index (χ4v) is 7.99. The number of halogens is 6. The lowest BCUT2D eigenvalue weighted by Crippen LogP contribution is -2.18. The first-order valence-electron chi connectivity index (χ1n) is 12.7. The minimum atomic E-state index is -5.83. The summed E-state index contributed by atoms with van der Waals surface area (Å²) in [6.45, 7) is 0.0502. The van der Waals surface area contributed by atoms with Crippen LogP contribution in [-0.4, -0.2) is 31.1 Å². The highest BCUT2D eigenvalue weighted by Gasteiger charge is 2.52. The minimum Gasteiger partial charge on any atom is -0.478 e. The van der Waals surface area contributed by atoms with E-state index in [1.807, 2.05) is 0 Å². The van der Waals surface area contributed by atoms with Crippen LogP contribution in [0.15, 0.2) is 87.8 Å². The molecule has 0 aliphatic heterocycles. The summed E-state index contributed by atoms with van der Waals surface area (Å²) in [6, 6.07) is 20.6. The molecule has 0 aliphatic carbocycles. The van der Waals surface area contributed by atoms with Crippen LogP contribution in [0.3, 0.4) is 0 Å². The fourth-order valence-electron chi connectivity index (χ4n) is 4.22. The molecule has 0 radical (unpaired) electrons. The molecule has 5 rings (SSSR count). The average molecular weight is 836 g/mol. The maximum Gasteiger partial charge on any atom is 0.399 e. The van der Waals surface area contributed by atoms with E-state index in [-0.39, 0.29) is 26.1 Å². The topological polar surface area (TPSA) is 133 Å². The Morgan fingerprint density at radius 2 is 1.59 bits per heavy atom. The normalized spacial score (nSPS) is 11.8. The van der Waals surface area contributed by atoms with Crippen LogP contribution in [0.25, 0.3) is 10.6 Å². The SMILES string of the molecule is O=C(O)c1cccc(Oc2cccc(-c3nnc(N(Cc4cc(Br)c(C(F)(F)P(=O)(O)O)c(Br)c4)c4ccc(Cl)c(Cl)c4)s3)c2)c1. The average Bonchev–Trinajstić information content (AvgIpc) is 3.47. The molecule has 1 aromatic heterocycles. The number of carbonyl (C=O) groups is 1. The van der Waals surface area contributed by atoms with Crippen molar-refractivity contribution < 1.29 is 37.8 Å². The molecule has 46 heavy (non-hydrogen) atoms. The lowest BCUT2D eigenvalue weighted by atomic mass is 10.1.